The summed E-state index contributed by atoms with van der Waals surface area (Å²) in [5.74, 6) is -0.428. The molecule has 4 N–H and O–H groups in total. The van der Waals surface area contributed by atoms with Crippen molar-refractivity contribution in [1.82, 2.24) is 0 Å². The predicted molar refractivity (Wildman–Crippen MR) is 81.9 cm³/mol. The average molecular weight is 347 g/mol. The van der Waals surface area contributed by atoms with Crippen molar-refractivity contribution in [2.75, 3.05) is 5.32 Å². The Kier molecular flexibility index (Phi) is 4.76. The number of anilines is 1. The number of benzene rings is 1. The number of nitrogens with one attached hydrogen (secondary N) is 1. The van der Waals surface area contributed by atoms with E-state index in [-0.39, 0.29) is 15.5 Å². The maximum Gasteiger partial charge on any atom is 0.161 e. The van der Waals surface area contributed by atoms with Gasteiger partial charge in [-0.25, -0.2) is 4.39 Å². The largest absolute Gasteiger partial charge is 0.391 e. The fourth-order valence-electron chi connectivity index (χ4n) is 2.33. The fraction of sp³-hybridized carbons (Fsp3) is 0.462. The molecule has 0 aliphatic heterocycles. The third kappa shape index (κ3) is 3.24. The highest BCUT2D eigenvalue weighted by Gasteiger charge is 2.24. The summed E-state index contributed by atoms with van der Waals surface area (Å²) < 4.78 is 14.5. The van der Waals surface area contributed by atoms with Gasteiger partial charge in [0, 0.05) is 5.56 Å². The first-order chi connectivity index (χ1) is 9.00. The Morgan fingerprint density at radius 2 is 2.11 bits per heavy atom. The van der Waals surface area contributed by atoms with Crippen LogP contribution in [0.4, 0.5) is 10.1 Å². The van der Waals surface area contributed by atoms with Crippen LogP contribution in [-0.4, -0.2) is 22.2 Å². The number of hydrogen-bond acceptors (Lipinski definition) is 3. The number of aliphatic hydroxyl groups is 1. The molecule has 0 spiro atoms. The van der Waals surface area contributed by atoms with E-state index in [1.807, 2.05) is 0 Å². The van der Waals surface area contributed by atoms with Gasteiger partial charge in [-0.1, -0.05) is 25.1 Å². The maximum absolute atomic E-state index is 14.2. The lowest BCUT2D eigenvalue weighted by Crippen LogP contribution is -2.36. The Bertz CT molecular complexity index is 498. The van der Waals surface area contributed by atoms with Gasteiger partial charge in [0.25, 0.3) is 0 Å². The van der Waals surface area contributed by atoms with Crippen LogP contribution in [0.5, 0.6) is 0 Å². The highest BCUT2D eigenvalue weighted by atomic mass is 79.9. The van der Waals surface area contributed by atoms with Gasteiger partial charge in [-0.05, 0) is 40.9 Å². The summed E-state index contributed by atoms with van der Waals surface area (Å²) in [6.07, 6.45) is 3.23. The first kappa shape index (κ1) is 14.7. The number of thiocarbonyl (C=S) groups is 1. The maximum atomic E-state index is 14.2. The van der Waals surface area contributed by atoms with E-state index >= 15 is 0 Å². The van der Waals surface area contributed by atoms with Crippen molar-refractivity contribution in [2.45, 2.75) is 37.8 Å². The van der Waals surface area contributed by atoms with Crippen LogP contribution in [0.1, 0.15) is 31.2 Å². The zero-order valence-corrected chi connectivity index (χ0v) is 12.7. The van der Waals surface area contributed by atoms with E-state index in [9.17, 15) is 9.50 Å². The molecule has 0 amide bonds. The third-order valence-corrected chi connectivity index (χ3v) is 4.41. The summed E-state index contributed by atoms with van der Waals surface area (Å²) in [5, 5.41) is 13.0. The fourth-order valence-corrected chi connectivity index (χ4v) is 3.19. The third-order valence-electron chi connectivity index (χ3n) is 3.42. The highest BCUT2D eigenvalue weighted by Crippen LogP contribution is 2.29. The van der Waals surface area contributed by atoms with E-state index in [2.05, 4.69) is 21.2 Å². The van der Waals surface area contributed by atoms with Gasteiger partial charge in [0.1, 0.15) is 4.99 Å². The van der Waals surface area contributed by atoms with E-state index < -0.39 is 11.9 Å². The minimum absolute atomic E-state index is 0.106. The molecule has 0 radical (unpaired) electrons. The van der Waals surface area contributed by atoms with Crippen molar-refractivity contribution in [2.24, 2.45) is 5.73 Å². The van der Waals surface area contributed by atoms with E-state index in [0.717, 1.165) is 25.7 Å². The molecular weight excluding hydrogens is 331 g/mol. The van der Waals surface area contributed by atoms with Gasteiger partial charge in [-0.2, -0.15) is 0 Å². The summed E-state index contributed by atoms with van der Waals surface area (Å²) in [7, 11) is 0. The Balaban J connectivity index is 2.21. The van der Waals surface area contributed by atoms with Crippen LogP contribution >= 0.6 is 28.1 Å². The summed E-state index contributed by atoms with van der Waals surface area (Å²) in [6.45, 7) is 0. The second kappa shape index (κ2) is 6.15. The molecule has 3 nitrogen and oxygen atoms in total. The number of rotatable bonds is 3. The van der Waals surface area contributed by atoms with Gasteiger partial charge < -0.3 is 16.2 Å². The van der Waals surface area contributed by atoms with Crippen LogP contribution < -0.4 is 11.1 Å². The predicted octanol–water partition coefficient (Wildman–Crippen LogP) is 2.94. The molecule has 1 saturated carbocycles. The monoisotopic (exact) mass is 346 g/mol. The molecular formula is C13H16BrFN2OS. The first-order valence-electron chi connectivity index (χ1n) is 6.23. The molecule has 0 saturated heterocycles. The zero-order valence-electron chi connectivity index (χ0n) is 10.3. The standard InChI is InChI=1S/C13H16BrFN2OS/c14-11-7(13(16)19)5-6-9(12(11)15)17-8-3-1-2-4-10(8)18/h5-6,8,10,17-18H,1-4H2,(H2,16,19). The quantitative estimate of drug-likeness (QED) is 0.736. The van der Waals surface area contributed by atoms with Crippen LogP contribution in [0, 0.1) is 5.82 Å². The summed E-state index contributed by atoms with van der Waals surface area (Å²) in [6, 6.07) is 3.17. The molecule has 2 unspecified atom stereocenters. The molecule has 19 heavy (non-hydrogen) atoms. The Labute approximate surface area is 125 Å². The van der Waals surface area contributed by atoms with Gasteiger partial charge >= 0.3 is 0 Å². The molecule has 104 valence electrons. The van der Waals surface area contributed by atoms with Crippen molar-refractivity contribution in [3.05, 3.63) is 28.0 Å². The van der Waals surface area contributed by atoms with E-state index in [1.165, 1.54) is 0 Å². The molecule has 1 aliphatic carbocycles. The Hall–Kier alpha value is -0.720. The van der Waals surface area contributed by atoms with Crippen LogP contribution in [0.15, 0.2) is 16.6 Å². The lowest BCUT2D eigenvalue weighted by molar-refractivity contribution is 0.116. The summed E-state index contributed by atoms with van der Waals surface area (Å²) in [4.78, 5) is 0.148. The van der Waals surface area contributed by atoms with Crippen LogP contribution in [0.3, 0.4) is 0 Å². The molecule has 1 aliphatic rings. The van der Waals surface area contributed by atoms with E-state index in [4.69, 9.17) is 18.0 Å². The molecule has 1 fully saturated rings. The van der Waals surface area contributed by atoms with Crippen molar-refractivity contribution in [1.29, 1.82) is 0 Å². The zero-order chi connectivity index (χ0) is 14.0. The van der Waals surface area contributed by atoms with Gasteiger partial charge in [0.2, 0.25) is 0 Å². The van der Waals surface area contributed by atoms with Crippen molar-refractivity contribution in [3.63, 3.8) is 0 Å². The molecule has 2 rings (SSSR count). The van der Waals surface area contributed by atoms with Crippen molar-refractivity contribution >= 4 is 38.8 Å². The lowest BCUT2D eigenvalue weighted by atomic mass is 9.92. The van der Waals surface area contributed by atoms with E-state index in [0.29, 0.717) is 11.3 Å². The molecule has 0 aromatic heterocycles. The molecule has 0 bridgehead atoms. The highest BCUT2D eigenvalue weighted by molar-refractivity contribution is 9.10. The molecule has 6 heteroatoms. The van der Waals surface area contributed by atoms with Crippen LogP contribution in [0.2, 0.25) is 0 Å². The molecule has 2 atom stereocenters. The van der Waals surface area contributed by atoms with Crippen molar-refractivity contribution < 1.29 is 9.50 Å². The van der Waals surface area contributed by atoms with Crippen LogP contribution in [0.25, 0.3) is 0 Å². The van der Waals surface area contributed by atoms with Gasteiger partial charge in [-0.3, -0.25) is 0 Å². The van der Waals surface area contributed by atoms with Gasteiger partial charge in [0.05, 0.1) is 22.3 Å². The van der Waals surface area contributed by atoms with Gasteiger partial charge in [0.15, 0.2) is 5.82 Å². The van der Waals surface area contributed by atoms with Crippen molar-refractivity contribution in [3.8, 4) is 0 Å². The minimum atomic E-state index is -0.429. The smallest absolute Gasteiger partial charge is 0.161 e. The molecule has 0 heterocycles. The number of halogens is 2. The summed E-state index contributed by atoms with van der Waals surface area (Å²) >= 11 is 8.02. The second-order valence-corrected chi connectivity index (χ2v) is 5.99. The number of hydrogen-bond donors (Lipinski definition) is 3. The number of aliphatic hydroxyl groups excluding tert-OH is 1. The summed E-state index contributed by atoms with van der Waals surface area (Å²) in [5.41, 5.74) is 6.35. The topological polar surface area (TPSA) is 58.3 Å². The van der Waals surface area contributed by atoms with E-state index in [1.54, 1.807) is 12.1 Å². The minimum Gasteiger partial charge on any atom is -0.391 e. The second-order valence-electron chi connectivity index (χ2n) is 4.76. The van der Waals surface area contributed by atoms with Gasteiger partial charge in [-0.15, -0.1) is 0 Å². The number of nitrogens with two attached hydrogens (primary N) is 1. The normalized spacial score (nSPS) is 23.1. The first-order valence-corrected chi connectivity index (χ1v) is 7.43. The Morgan fingerprint density at radius 3 is 2.74 bits per heavy atom. The average Bonchev–Trinajstić information content (AvgIpc) is 2.37. The van der Waals surface area contributed by atoms with Crippen LogP contribution in [-0.2, 0) is 0 Å². The SMILES string of the molecule is NC(=S)c1ccc(NC2CCCCC2O)c(F)c1Br. The Morgan fingerprint density at radius 1 is 1.42 bits per heavy atom. The lowest BCUT2D eigenvalue weighted by Gasteiger charge is -2.29. The molecule has 1 aromatic carbocycles. The molecule has 1 aromatic rings.